The number of halogens is 1. The number of amides is 1. The van der Waals surface area contributed by atoms with Gasteiger partial charge in [-0.3, -0.25) is 4.79 Å². The first-order chi connectivity index (χ1) is 12.6. The molecule has 1 aromatic carbocycles. The third-order valence-electron chi connectivity index (χ3n) is 4.75. The van der Waals surface area contributed by atoms with Crippen molar-refractivity contribution in [1.82, 2.24) is 24.8 Å². The monoisotopic (exact) mass is 351 g/mol. The van der Waals surface area contributed by atoms with Crippen LogP contribution in [0.15, 0.2) is 49.1 Å². The molecule has 26 heavy (non-hydrogen) atoms. The summed E-state index contributed by atoms with van der Waals surface area (Å²) in [5, 5.41) is 2.97. The van der Waals surface area contributed by atoms with E-state index in [2.05, 4.69) is 20.3 Å². The second-order valence-corrected chi connectivity index (χ2v) is 6.55. The number of hydrogen-bond acceptors (Lipinski definition) is 4. The molecule has 6 nitrogen and oxygen atoms in total. The molecule has 3 aromatic rings. The summed E-state index contributed by atoms with van der Waals surface area (Å²) in [7, 11) is 1.87. The number of aromatic nitrogens is 4. The summed E-state index contributed by atoms with van der Waals surface area (Å²) < 4.78 is 14.8. The highest BCUT2D eigenvalue weighted by atomic mass is 19.1. The Bertz CT molecular complexity index is 931. The van der Waals surface area contributed by atoms with Crippen molar-refractivity contribution in [3.63, 3.8) is 0 Å². The number of imidazole rings is 1. The first-order valence-electron chi connectivity index (χ1n) is 8.46. The van der Waals surface area contributed by atoms with Gasteiger partial charge in [-0.1, -0.05) is 12.1 Å². The van der Waals surface area contributed by atoms with Crippen molar-refractivity contribution in [3.8, 4) is 11.4 Å². The summed E-state index contributed by atoms with van der Waals surface area (Å²) in [6, 6.07) is 8.39. The van der Waals surface area contributed by atoms with Crippen LogP contribution in [0, 0.1) is 5.82 Å². The lowest BCUT2D eigenvalue weighted by atomic mass is 9.76. The van der Waals surface area contributed by atoms with Crippen molar-refractivity contribution in [3.05, 3.63) is 66.3 Å². The van der Waals surface area contributed by atoms with Crippen LogP contribution in [-0.4, -0.2) is 31.5 Å². The summed E-state index contributed by atoms with van der Waals surface area (Å²) in [4.78, 5) is 24.9. The number of nitrogens with one attached hydrogen (secondary N) is 1. The van der Waals surface area contributed by atoms with Gasteiger partial charge in [-0.25, -0.2) is 19.3 Å². The number of carbonyl (C=O) groups excluding carboxylic acids is 1. The summed E-state index contributed by atoms with van der Waals surface area (Å²) in [6.07, 6.45) is 6.62. The van der Waals surface area contributed by atoms with E-state index in [1.807, 2.05) is 11.6 Å². The number of carbonyl (C=O) groups is 1. The quantitative estimate of drug-likeness (QED) is 0.784. The van der Waals surface area contributed by atoms with Gasteiger partial charge in [0.15, 0.2) is 0 Å². The first-order valence-corrected chi connectivity index (χ1v) is 8.46. The van der Waals surface area contributed by atoms with Crippen LogP contribution in [0.5, 0.6) is 0 Å². The Balaban J connectivity index is 1.39. The normalized spacial score (nSPS) is 19.0. The summed E-state index contributed by atoms with van der Waals surface area (Å²) in [6.45, 7) is 0. The molecule has 4 rings (SSSR count). The van der Waals surface area contributed by atoms with Crippen molar-refractivity contribution < 1.29 is 9.18 Å². The van der Waals surface area contributed by atoms with E-state index >= 15 is 0 Å². The molecule has 0 saturated heterocycles. The summed E-state index contributed by atoms with van der Waals surface area (Å²) >= 11 is 0. The Labute approximate surface area is 150 Å². The highest BCUT2D eigenvalue weighted by molar-refractivity contribution is 5.91. The van der Waals surface area contributed by atoms with E-state index in [-0.39, 0.29) is 23.6 Å². The number of hydrogen-bond donors (Lipinski definition) is 1. The van der Waals surface area contributed by atoms with Crippen LogP contribution in [0.3, 0.4) is 0 Å². The molecule has 0 spiro atoms. The molecule has 132 valence electrons. The predicted octanol–water partition coefficient (Wildman–Crippen LogP) is 2.69. The van der Waals surface area contributed by atoms with Gasteiger partial charge in [0.05, 0.1) is 23.9 Å². The molecule has 1 aliphatic rings. The van der Waals surface area contributed by atoms with Crippen LogP contribution in [0.2, 0.25) is 0 Å². The maximum absolute atomic E-state index is 13.0. The molecule has 7 heteroatoms. The number of rotatable bonds is 4. The minimum absolute atomic E-state index is 0.0847. The minimum atomic E-state index is -0.281. The molecule has 1 fully saturated rings. The van der Waals surface area contributed by atoms with Crippen LogP contribution in [0.25, 0.3) is 11.4 Å². The van der Waals surface area contributed by atoms with E-state index in [0.29, 0.717) is 11.6 Å². The average Bonchev–Trinajstić information content (AvgIpc) is 3.05. The van der Waals surface area contributed by atoms with Crippen LogP contribution in [0.1, 0.15) is 34.9 Å². The maximum atomic E-state index is 13.0. The van der Waals surface area contributed by atoms with Crippen molar-refractivity contribution >= 4 is 5.91 Å². The van der Waals surface area contributed by atoms with E-state index in [1.165, 1.54) is 12.1 Å². The Morgan fingerprint density at radius 1 is 1.23 bits per heavy atom. The Morgan fingerprint density at radius 2 is 2.00 bits per heavy atom. The zero-order valence-corrected chi connectivity index (χ0v) is 14.3. The Hall–Kier alpha value is -3.09. The van der Waals surface area contributed by atoms with Gasteiger partial charge < -0.3 is 9.88 Å². The van der Waals surface area contributed by atoms with E-state index in [4.69, 9.17) is 0 Å². The van der Waals surface area contributed by atoms with Crippen LogP contribution < -0.4 is 5.32 Å². The van der Waals surface area contributed by atoms with E-state index in [9.17, 15) is 9.18 Å². The van der Waals surface area contributed by atoms with Gasteiger partial charge in [0.2, 0.25) is 5.82 Å². The summed E-state index contributed by atoms with van der Waals surface area (Å²) in [5.74, 6) is -0.0171. The molecule has 2 heterocycles. The smallest absolute Gasteiger partial charge is 0.289 e. The van der Waals surface area contributed by atoms with Gasteiger partial charge in [0, 0.05) is 19.3 Å². The van der Waals surface area contributed by atoms with Crippen molar-refractivity contribution in [2.75, 3.05) is 0 Å². The lowest BCUT2D eigenvalue weighted by Gasteiger charge is -2.36. The molecule has 0 radical (unpaired) electrons. The topological polar surface area (TPSA) is 72.7 Å². The van der Waals surface area contributed by atoms with Gasteiger partial charge in [-0.05, 0) is 42.5 Å². The molecule has 1 amide bonds. The van der Waals surface area contributed by atoms with Gasteiger partial charge in [0.25, 0.3) is 5.91 Å². The zero-order chi connectivity index (χ0) is 18.1. The van der Waals surface area contributed by atoms with Crippen LogP contribution in [0.4, 0.5) is 4.39 Å². The van der Waals surface area contributed by atoms with Gasteiger partial charge in [-0.2, -0.15) is 0 Å². The van der Waals surface area contributed by atoms with Crippen LogP contribution >= 0.6 is 0 Å². The Kier molecular flexibility index (Phi) is 4.20. The van der Waals surface area contributed by atoms with Gasteiger partial charge in [-0.15, -0.1) is 0 Å². The molecule has 0 unspecified atom stereocenters. The zero-order valence-electron chi connectivity index (χ0n) is 14.3. The first kappa shape index (κ1) is 16.4. The lowest BCUT2D eigenvalue weighted by Crippen LogP contribution is -2.43. The number of benzene rings is 1. The lowest BCUT2D eigenvalue weighted by molar-refractivity contribution is 0.0898. The molecule has 1 saturated carbocycles. The van der Waals surface area contributed by atoms with Crippen molar-refractivity contribution in [2.24, 2.45) is 7.05 Å². The van der Waals surface area contributed by atoms with Gasteiger partial charge >= 0.3 is 0 Å². The molecule has 0 atom stereocenters. The molecule has 0 aliphatic heterocycles. The average molecular weight is 351 g/mol. The van der Waals surface area contributed by atoms with Gasteiger partial charge in [0.1, 0.15) is 5.82 Å². The fourth-order valence-corrected chi connectivity index (χ4v) is 3.21. The predicted molar refractivity (Wildman–Crippen MR) is 93.9 cm³/mol. The number of nitrogens with zero attached hydrogens (tertiary/aromatic N) is 4. The van der Waals surface area contributed by atoms with Crippen LogP contribution in [-0.2, 0) is 7.05 Å². The Morgan fingerprint density at radius 3 is 2.69 bits per heavy atom. The highest BCUT2D eigenvalue weighted by Crippen LogP contribution is 2.36. The highest BCUT2D eigenvalue weighted by Gasteiger charge is 2.32. The standard InChI is InChI=1S/C19H18FN5O/c1-25-11-21-10-17(25)16-6-7-22-18(24-16)19(26)23-15-8-13(9-15)12-2-4-14(20)5-3-12/h2-7,10-11,13,15H,8-9H2,1H3,(H,23,26)/t13-,15-. The molecule has 2 aromatic heterocycles. The molecule has 1 N–H and O–H groups in total. The molecular formula is C19H18FN5O. The van der Waals surface area contributed by atoms with Crippen molar-refractivity contribution in [2.45, 2.75) is 24.8 Å². The second kappa shape index (κ2) is 6.67. The molecule has 0 bridgehead atoms. The second-order valence-electron chi connectivity index (χ2n) is 6.55. The van der Waals surface area contributed by atoms with E-state index in [1.54, 1.807) is 36.9 Å². The molecular weight excluding hydrogens is 333 g/mol. The number of aryl methyl sites for hydroxylation is 1. The van der Waals surface area contributed by atoms with Crippen molar-refractivity contribution in [1.29, 1.82) is 0 Å². The van der Waals surface area contributed by atoms with E-state index in [0.717, 1.165) is 24.1 Å². The van der Waals surface area contributed by atoms with E-state index < -0.39 is 0 Å². The maximum Gasteiger partial charge on any atom is 0.289 e. The third kappa shape index (κ3) is 3.20. The minimum Gasteiger partial charge on any atom is -0.347 e. The SMILES string of the molecule is Cn1cncc1-c1ccnc(C(=O)N[C@H]2C[C@H](c3ccc(F)cc3)C2)n1. The fourth-order valence-electron chi connectivity index (χ4n) is 3.21. The fraction of sp³-hybridized carbons (Fsp3) is 0.263. The third-order valence-corrected chi connectivity index (χ3v) is 4.75. The largest absolute Gasteiger partial charge is 0.347 e. The molecule has 1 aliphatic carbocycles. The summed E-state index contributed by atoms with van der Waals surface area (Å²) in [5.41, 5.74) is 2.58.